The Hall–Kier alpha value is -1.26. The number of urea groups is 1. The zero-order valence-corrected chi connectivity index (χ0v) is 11.9. The third-order valence-corrected chi connectivity index (χ3v) is 3.94. The first kappa shape index (κ1) is 15.8. The summed E-state index contributed by atoms with van der Waals surface area (Å²) in [5.41, 5.74) is 0. The van der Waals surface area contributed by atoms with E-state index in [-0.39, 0.29) is 18.5 Å². The Bertz CT molecular complexity index is 299. The smallest absolute Gasteiger partial charge is 0.315 e. The summed E-state index contributed by atoms with van der Waals surface area (Å²) in [6, 6.07) is -0.532. The molecule has 0 spiro atoms. The Labute approximate surface area is 115 Å². The number of hydrogen-bond acceptors (Lipinski definition) is 2. The van der Waals surface area contributed by atoms with Crippen LogP contribution in [0.25, 0.3) is 0 Å². The molecule has 1 fully saturated rings. The molecule has 0 aromatic heterocycles. The van der Waals surface area contributed by atoms with Crippen molar-refractivity contribution in [3.63, 3.8) is 0 Å². The molecule has 19 heavy (non-hydrogen) atoms. The molecule has 1 unspecified atom stereocenters. The molecule has 0 heterocycles. The molecule has 2 amide bonds. The number of hydrogen-bond donors (Lipinski definition) is 3. The van der Waals surface area contributed by atoms with Crippen LogP contribution in [0.15, 0.2) is 0 Å². The maximum Gasteiger partial charge on any atom is 0.315 e. The van der Waals surface area contributed by atoms with Gasteiger partial charge in [0.2, 0.25) is 0 Å². The Morgan fingerprint density at radius 2 is 1.89 bits per heavy atom. The molecule has 1 atom stereocenters. The molecular formula is C14H26N2O3. The van der Waals surface area contributed by atoms with Crippen molar-refractivity contribution in [3.8, 4) is 0 Å². The van der Waals surface area contributed by atoms with Crippen LogP contribution in [0.3, 0.4) is 0 Å². The minimum atomic E-state index is -0.881. The fourth-order valence-corrected chi connectivity index (χ4v) is 2.51. The van der Waals surface area contributed by atoms with E-state index in [1.807, 2.05) is 6.92 Å². The van der Waals surface area contributed by atoms with E-state index in [1.165, 1.54) is 25.7 Å². The Kier molecular flexibility index (Phi) is 6.67. The van der Waals surface area contributed by atoms with Gasteiger partial charge in [-0.2, -0.15) is 0 Å². The lowest BCUT2D eigenvalue weighted by Crippen LogP contribution is -2.44. The molecule has 0 bridgehead atoms. The molecule has 5 heteroatoms. The number of carbonyl (C=O) groups excluding carboxylic acids is 1. The highest BCUT2D eigenvalue weighted by atomic mass is 16.4. The van der Waals surface area contributed by atoms with Gasteiger partial charge in [0.1, 0.15) is 0 Å². The van der Waals surface area contributed by atoms with Gasteiger partial charge in [0, 0.05) is 12.6 Å². The average Bonchev–Trinajstić information content (AvgIpc) is 2.36. The molecule has 0 aromatic carbocycles. The van der Waals surface area contributed by atoms with Crippen LogP contribution in [-0.4, -0.2) is 29.7 Å². The van der Waals surface area contributed by atoms with Crippen LogP contribution in [0, 0.1) is 11.8 Å². The van der Waals surface area contributed by atoms with Crippen molar-refractivity contribution in [2.45, 2.75) is 58.4 Å². The largest absolute Gasteiger partial charge is 0.481 e. The molecule has 5 nitrogen and oxygen atoms in total. The van der Waals surface area contributed by atoms with Gasteiger partial charge in [-0.15, -0.1) is 0 Å². The van der Waals surface area contributed by atoms with Gasteiger partial charge in [0.05, 0.1) is 6.42 Å². The maximum absolute atomic E-state index is 11.7. The first-order valence-electron chi connectivity index (χ1n) is 7.27. The molecule has 1 saturated carbocycles. The van der Waals surface area contributed by atoms with E-state index in [4.69, 9.17) is 5.11 Å². The zero-order chi connectivity index (χ0) is 14.3. The molecule has 1 aliphatic carbocycles. The second kappa shape index (κ2) is 8.02. The Morgan fingerprint density at radius 1 is 1.26 bits per heavy atom. The first-order valence-corrected chi connectivity index (χ1v) is 7.27. The molecule has 0 aliphatic heterocycles. The minimum Gasteiger partial charge on any atom is -0.481 e. The van der Waals surface area contributed by atoms with Crippen LogP contribution in [0.5, 0.6) is 0 Å². The van der Waals surface area contributed by atoms with Gasteiger partial charge >= 0.3 is 12.0 Å². The van der Waals surface area contributed by atoms with E-state index in [0.29, 0.717) is 18.9 Å². The maximum atomic E-state index is 11.7. The van der Waals surface area contributed by atoms with Crippen molar-refractivity contribution in [1.29, 1.82) is 0 Å². The van der Waals surface area contributed by atoms with E-state index in [2.05, 4.69) is 17.6 Å². The summed E-state index contributed by atoms with van der Waals surface area (Å²) in [7, 11) is 0. The van der Waals surface area contributed by atoms with E-state index in [9.17, 15) is 9.59 Å². The fourth-order valence-electron chi connectivity index (χ4n) is 2.51. The summed E-state index contributed by atoms with van der Waals surface area (Å²) in [4.78, 5) is 22.3. The topological polar surface area (TPSA) is 78.4 Å². The predicted molar refractivity (Wildman–Crippen MR) is 74.0 cm³/mol. The predicted octanol–water partition coefficient (Wildman–Crippen LogP) is 2.37. The van der Waals surface area contributed by atoms with Crippen LogP contribution in [0.2, 0.25) is 0 Å². The van der Waals surface area contributed by atoms with Crippen LogP contribution >= 0.6 is 0 Å². The fraction of sp³-hybridized carbons (Fsp3) is 0.857. The molecular weight excluding hydrogens is 244 g/mol. The number of nitrogens with one attached hydrogen (secondary N) is 2. The lowest BCUT2D eigenvalue weighted by atomic mass is 9.83. The first-order chi connectivity index (χ1) is 9.01. The standard InChI is InChI=1S/C14H26N2O3/c1-3-12(8-13(17)18)16-14(19)15-9-11-6-4-10(2)5-7-11/h10-12H,3-9H2,1-2H3,(H,17,18)(H2,15,16,19). The summed E-state index contributed by atoms with van der Waals surface area (Å²) in [6.07, 6.45) is 5.43. The Morgan fingerprint density at radius 3 is 2.42 bits per heavy atom. The number of aliphatic carboxylic acids is 1. The third kappa shape index (κ3) is 6.45. The van der Waals surface area contributed by atoms with Gasteiger partial charge in [0.25, 0.3) is 0 Å². The van der Waals surface area contributed by atoms with E-state index >= 15 is 0 Å². The average molecular weight is 270 g/mol. The number of carboxylic acids is 1. The van der Waals surface area contributed by atoms with Crippen molar-refractivity contribution in [2.75, 3.05) is 6.54 Å². The van der Waals surface area contributed by atoms with Crippen molar-refractivity contribution < 1.29 is 14.7 Å². The van der Waals surface area contributed by atoms with Gasteiger partial charge < -0.3 is 15.7 Å². The summed E-state index contributed by atoms with van der Waals surface area (Å²) in [6.45, 7) is 4.84. The van der Waals surface area contributed by atoms with Gasteiger partial charge in [-0.25, -0.2) is 4.79 Å². The van der Waals surface area contributed by atoms with Crippen LogP contribution in [-0.2, 0) is 4.79 Å². The number of rotatable bonds is 6. The van der Waals surface area contributed by atoms with E-state index < -0.39 is 5.97 Å². The lowest BCUT2D eigenvalue weighted by Gasteiger charge is -2.26. The van der Waals surface area contributed by atoms with Crippen LogP contribution in [0.4, 0.5) is 4.79 Å². The minimum absolute atomic E-state index is 0.0230. The second-order valence-corrected chi connectivity index (χ2v) is 5.68. The molecule has 1 rings (SSSR count). The lowest BCUT2D eigenvalue weighted by molar-refractivity contribution is -0.137. The summed E-state index contributed by atoms with van der Waals surface area (Å²) in [5.74, 6) is 0.500. The Balaban J connectivity index is 2.21. The van der Waals surface area contributed by atoms with Gasteiger partial charge in [0.15, 0.2) is 0 Å². The second-order valence-electron chi connectivity index (χ2n) is 5.68. The van der Waals surface area contributed by atoms with Crippen LogP contribution < -0.4 is 10.6 Å². The molecule has 0 aromatic rings. The molecule has 0 radical (unpaired) electrons. The molecule has 110 valence electrons. The van der Waals surface area contributed by atoms with Crippen molar-refractivity contribution >= 4 is 12.0 Å². The quantitative estimate of drug-likeness (QED) is 0.693. The van der Waals surface area contributed by atoms with Crippen molar-refractivity contribution in [1.82, 2.24) is 10.6 Å². The summed E-state index contributed by atoms with van der Waals surface area (Å²) < 4.78 is 0. The SMILES string of the molecule is CCC(CC(=O)O)NC(=O)NCC1CCC(C)CC1. The van der Waals surface area contributed by atoms with E-state index in [0.717, 1.165) is 5.92 Å². The van der Waals surface area contributed by atoms with Crippen molar-refractivity contribution in [3.05, 3.63) is 0 Å². The monoisotopic (exact) mass is 270 g/mol. The van der Waals surface area contributed by atoms with E-state index in [1.54, 1.807) is 0 Å². The van der Waals surface area contributed by atoms with Gasteiger partial charge in [-0.3, -0.25) is 4.79 Å². The highest BCUT2D eigenvalue weighted by Gasteiger charge is 2.19. The number of carbonyl (C=O) groups is 2. The highest BCUT2D eigenvalue weighted by Crippen LogP contribution is 2.27. The zero-order valence-electron chi connectivity index (χ0n) is 11.9. The number of amides is 2. The molecule has 1 aliphatic rings. The summed E-state index contributed by atoms with van der Waals surface area (Å²) in [5, 5.41) is 14.3. The van der Waals surface area contributed by atoms with Gasteiger partial charge in [-0.1, -0.05) is 26.7 Å². The third-order valence-electron chi connectivity index (χ3n) is 3.94. The van der Waals surface area contributed by atoms with Crippen molar-refractivity contribution in [2.24, 2.45) is 11.8 Å². The number of carboxylic acid groups (broad SMARTS) is 1. The molecule has 0 saturated heterocycles. The highest BCUT2D eigenvalue weighted by molar-refractivity contribution is 5.75. The normalized spacial score (nSPS) is 24.5. The van der Waals surface area contributed by atoms with Gasteiger partial charge in [-0.05, 0) is 31.1 Å². The summed E-state index contributed by atoms with van der Waals surface area (Å²) >= 11 is 0. The molecule has 3 N–H and O–H groups in total. The van der Waals surface area contributed by atoms with Crippen LogP contribution in [0.1, 0.15) is 52.4 Å².